The molecule has 0 aliphatic rings. The van der Waals surface area contributed by atoms with Crippen LogP contribution in [0.5, 0.6) is 5.75 Å². The first-order chi connectivity index (χ1) is 9.42. The Bertz CT molecular complexity index is 653. The second-order valence-corrected chi connectivity index (χ2v) is 7.53. The fraction of sp³-hybridized carbons (Fsp3) is 0.286. The average Bonchev–Trinajstić information content (AvgIpc) is 2.85. The number of benzene rings is 1. The number of methoxy groups -OCH3 is 1. The van der Waals surface area contributed by atoms with E-state index in [2.05, 4.69) is 0 Å². The summed E-state index contributed by atoms with van der Waals surface area (Å²) in [7, 11) is 4.59. The molecule has 0 unspecified atom stereocenters. The molecule has 0 fully saturated rings. The molecule has 106 valence electrons. The number of carbonyl (C=O) groups excluding carboxylic acids is 1. The minimum absolute atomic E-state index is 0.405. The van der Waals surface area contributed by atoms with Crippen molar-refractivity contribution in [3.63, 3.8) is 0 Å². The molecule has 20 heavy (non-hydrogen) atoms. The summed E-state index contributed by atoms with van der Waals surface area (Å²) >= 11 is 5.13. The highest BCUT2D eigenvalue weighted by molar-refractivity contribution is 7.80. The summed E-state index contributed by atoms with van der Waals surface area (Å²) < 4.78 is 11.3. The second-order valence-electron chi connectivity index (χ2n) is 4.62. The molecule has 0 atom stereocenters. The molecule has 3 nitrogen and oxygen atoms in total. The molecular weight excluding hydrogens is 312 g/mol. The molecular formula is C14H14O3S3. The molecule has 0 radical (unpaired) electrons. The smallest absolute Gasteiger partial charge is 0.349 e. The zero-order chi connectivity index (χ0) is 14.8. The third-order valence-corrected chi connectivity index (χ3v) is 5.56. The highest BCUT2D eigenvalue weighted by atomic mass is 32.9. The van der Waals surface area contributed by atoms with Crippen molar-refractivity contribution >= 4 is 38.9 Å². The van der Waals surface area contributed by atoms with Crippen LogP contribution in [0, 0.1) is 3.82 Å². The van der Waals surface area contributed by atoms with E-state index in [0.29, 0.717) is 5.75 Å². The van der Waals surface area contributed by atoms with E-state index >= 15 is 0 Å². The van der Waals surface area contributed by atoms with E-state index in [1.807, 2.05) is 30.3 Å². The number of carbonyl (C=O) groups is 1. The topological polar surface area (TPSA) is 35.5 Å². The Hall–Kier alpha value is -1.24. The molecule has 6 heteroatoms. The monoisotopic (exact) mass is 326 g/mol. The van der Waals surface area contributed by atoms with E-state index in [4.69, 9.17) is 21.7 Å². The van der Waals surface area contributed by atoms with Gasteiger partial charge in [0, 0.05) is 4.88 Å². The largest absolute Gasteiger partial charge is 0.476 e. The lowest BCUT2D eigenvalue weighted by Crippen LogP contribution is -2.39. The Balaban J connectivity index is 2.17. The maximum atomic E-state index is 11.6. The van der Waals surface area contributed by atoms with E-state index in [9.17, 15) is 4.79 Å². The third kappa shape index (κ3) is 3.45. The summed E-state index contributed by atoms with van der Waals surface area (Å²) in [6.45, 7) is 3.36. The Labute approximate surface area is 130 Å². The summed E-state index contributed by atoms with van der Waals surface area (Å²) in [6, 6.07) is 9.58. The van der Waals surface area contributed by atoms with Gasteiger partial charge in [-0.05, 0) is 49.7 Å². The maximum absolute atomic E-state index is 11.6. The molecule has 1 heterocycles. The van der Waals surface area contributed by atoms with E-state index in [0.717, 1.165) is 14.3 Å². The van der Waals surface area contributed by atoms with Crippen molar-refractivity contribution in [2.75, 3.05) is 7.11 Å². The highest BCUT2D eigenvalue weighted by Gasteiger charge is 2.30. The highest BCUT2D eigenvalue weighted by Crippen LogP contribution is 2.31. The second kappa shape index (κ2) is 6.03. The van der Waals surface area contributed by atoms with Crippen LogP contribution < -0.4 is 4.74 Å². The van der Waals surface area contributed by atoms with Crippen LogP contribution in [-0.2, 0) is 9.53 Å². The zero-order valence-electron chi connectivity index (χ0n) is 11.3. The van der Waals surface area contributed by atoms with Crippen LogP contribution in [0.4, 0.5) is 0 Å². The predicted molar refractivity (Wildman–Crippen MR) is 85.2 cm³/mol. The van der Waals surface area contributed by atoms with Gasteiger partial charge in [-0.25, -0.2) is 4.79 Å². The summed E-state index contributed by atoms with van der Waals surface area (Å²) in [4.78, 5) is 12.7. The van der Waals surface area contributed by atoms with Crippen molar-refractivity contribution in [2.45, 2.75) is 19.4 Å². The summed E-state index contributed by atoms with van der Waals surface area (Å²) in [5.74, 6) is 0.223. The van der Waals surface area contributed by atoms with Gasteiger partial charge in [-0.2, -0.15) is 0 Å². The van der Waals surface area contributed by atoms with Gasteiger partial charge in [0.15, 0.2) is 5.60 Å². The lowest BCUT2D eigenvalue weighted by Gasteiger charge is -2.23. The third-order valence-electron chi connectivity index (χ3n) is 2.65. The quantitative estimate of drug-likeness (QED) is 0.469. The van der Waals surface area contributed by atoms with Gasteiger partial charge < -0.3 is 9.47 Å². The molecule has 2 aromatic rings. The van der Waals surface area contributed by atoms with Crippen molar-refractivity contribution in [3.05, 3.63) is 34.2 Å². The number of rotatable bonds is 4. The number of hydrogen-bond acceptors (Lipinski definition) is 6. The molecule has 1 aromatic carbocycles. The maximum Gasteiger partial charge on any atom is 0.349 e. The molecule has 0 N–H and O–H groups in total. The summed E-state index contributed by atoms with van der Waals surface area (Å²) in [5, 5.41) is 0. The summed E-state index contributed by atoms with van der Waals surface area (Å²) in [6.07, 6.45) is 0. The molecule has 0 amide bonds. The van der Waals surface area contributed by atoms with E-state index < -0.39 is 11.6 Å². The molecule has 0 bridgehead atoms. The van der Waals surface area contributed by atoms with Gasteiger partial charge in [0.05, 0.1) is 7.11 Å². The van der Waals surface area contributed by atoms with Gasteiger partial charge in [0.1, 0.15) is 9.57 Å². The Morgan fingerprint density at radius 3 is 2.35 bits per heavy atom. The molecule has 1 aromatic heterocycles. The molecule has 0 spiro atoms. The first kappa shape index (κ1) is 15.2. The molecule has 0 saturated carbocycles. The Kier molecular flexibility index (Phi) is 4.57. The zero-order valence-corrected chi connectivity index (χ0v) is 13.8. The van der Waals surface area contributed by atoms with E-state index in [-0.39, 0.29) is 0 Å². The molecule has 2 rings (SSSR count). The predicted octanol–water partition coefficient (Wildman–Crippen LogP) is 4.54. The van der Waals surface area contributed by atoms with Gasteiger partial charge in [-0.15, -0.1) is 0 Å². The van der Waals surface area contributed by atoms with E-state index in [1.165, 1.54) is 7.11 Å². The number of hydrogen-bond donors (Lipinski definition) is 0. The lowest BCUT2D eigenvalue weighted by atomic mass is 10.1. The molecule has 0 saturated heterocycles. The summed E-state index contributed by atoms with van der Waals surface area (Å²) in [5.41, 5.74) is 0.0836. The minimum Gasteiger partial charge on any atom is -0.476 e. The fourth-order valence-electron chi connectivity index (χ4n) is 1.64. The van der Waals surface area contributed by atoms with Crippen LogP contribution in [0.25, 0.3) is 10.4 Å². The SMILES string of the molecule is COC(=O)C(C)(C)Oc1ccc(-c2cc(=S)ss2)cc1. The lowest BCUT2D eigenvalue weighted by molar-refractivity contribution is -0.156. The van der Waals surface area contributed by atoms with Crippen LogP contribution in [0.2, 0.25) is 0 Å². The van der Waals surface area contributed by atoms with Crippen molar-refractivity contribution < 1.29 is 14.3 Å². The Morgan fingerprint density at radius 2 is 1.85 bits per heavy atom. The average molecular weight is 326 g/mol. The Morgan fingerprint density at radius 1 is 1.20 bits per heavy atom. The minimum atomic E-state index is -1.00. The van der Waals surface area contributed by atoms with Crippen LogP contribution >= 0.6 is 32.9 Å². The van der Waals surface area contributed by atoms with Crippen LogP contribution in [0.15, 0.2) is 30.3 Å². The van der Waals surface area contributed by atoms with Gasteiger partial charge in [-0.3, -0.25) is 0 Å². The van der Waals surface area contributed by atoms with Crippen LogP contribution in [0.3, 0.4) is 0 Å². The number of ether oxygens (including phenoxy) is 2. The van der Waals surface area contributed by atoms with Crippen molar-refractivity contribution in [1.29, 1.82) is 0 Å². The van der Waals surface area contributed by atoms with Gasteiger partial charge in [-0.1, -0.05) is 32.9 Å². The van der Waals surface area contributed by atoms with Crippen molar-refractivity contribution in [2.24, 2.45) is 0 Å². The van der Waals surface area contributed by atoms with Gasteiger partial charge >= 0.3 is 5.97 Å². The van der Waals surface area contributed by atoms with Gasteiger partial charge in [0.2, 0.25) is 0 Å². The molecule has 0 aliphatic carbocycles. The van der Waals surface area contributed by atoms with Gasteiger partial charge in [0.25, 0.3) is 0 Å². The fourth-order valence-corrected chi connectivity index (χ4v) is 4.04. The van der Waals surface area contributed by atoms with E-state index in [1.54, 1.807) is 34.5 Å². The molecule has 0 aliphatic heterocycles. The number of esters is 1. The normalized spacial score (nSPS) is 11.2. The van der Waals surface area contributed by atoms with Crippen molar-refractivity contribution in [1.82, 2.24) is 0 Å². The van der Waals surface area contributed by atoms with Crippen LogP contribution in [0.1, 0.15) is 13.8 Å². The first-order valence-corrected chi connectivity index (χ1v) is 8.46. The first-order valence-electron chi connectivity index (χ1n) is 5.90. The standard InChI is InChI=1S/C14H14O3S3/c1-14(2,13(15)16-3)17-10-6-4-9(5-7-10)11-8-12(18)20-19-11/h4-8H,1-3H3. The van der Waals surface area contributed by atoms with Crippen molar-refractivity contribution in [3.8, 4) is 16.2 Å². The van der Waals surface area contributed by atoms with Crippen LogP contribution in [-0.4, -0.2) is 18.7 Å².